The Bertz CT molecular complexity index is 1210. The summed E-state index contributed by atoms with van der Waals surface area (Å²) < 4.78 is 33.6. The predicted octanol–water partition coefficient (Wildman–Crippen LogP) is 2.57. The molecule has 33 heavy (non-hydrogen) atoms. The number of sulfonamides is 1. The monoisotopic (exact) mass is 469 g/mol. The third-order valence-electron chi connectivity index (χ3n) is 5.87. The van der Waals surface area contributed by atoms with Crippen LogP contribution in [0, 0.1) is 13.8 Å². The second-order valence-corrected chi connectivity index (χ2v) is 10.2. The summed E-state index contributed by atoms with van der Waals surface area (Å²) >= 11 is 0. The summed E-state index contributed by atoms with van der Waals surface area (Å²) in [5.74, 6) is -0.0771. The van der Waals surface area contributed by atoms with E-state index in [4.69, 9.17) is 4.74 Å². The lowest BCUT2D eigenvalue weighted by molar-refractivity contribution is -0.127. The van der Waals surface area contributed by atoms with E-state index in [-0.39, 0.29) is 29.8 Å². The Morgan fingerprint density at radius 3 is 2.42 bits per heavy atom. The number of fused-ring (bicyclic) bond motifs is 1. The summed E-state index contributed by atoms with van der Waals surface area (Å²) in [6, 6.07) is 10.9. The first kappa shape index (κ1) is 23.0. The van der Waals surface area contributed by atoms with Gasteiger partial charge in [-0.1, -0.05) is 29.8 Å². The van der Waals surface area contributed by atoms with Gasteiger partial charge in [-0.05, 0) is 44.0 Å². The maximum atomic E-state index is 13.3. The fraction of sp³-hybridized carbons (Fsp3) is 0.333. The standard InChI is InChI=1S/C24H27N3O5S/c1-16-4-6-19(7-5-16)8-9-23(28)26-10-12-27(13-11-26)33(30,31)22-15-21-20(14-17(22)2)25-24(29)18(3)32-21/h4-9,14-15,18H,10-13H2,1-3H3,(H,25,29). The second-order valence-electron chi connectivity index (χ2n) is 8.34. The molecule has 0 bridgehead atoms. The first-order valence-corrected chi connectivity index (χ1v) is 12.2. The van der Waals surface area contributed by atoms with Crippen LogP contribution in [0.5, 0.6) is 5.75 Å². The van der Waals surface area contributed by atoms with Crippen molar-refractivity contribution < 1.29 is 22.7 Å². The Hall–Kier alpha value is -3.17. The lowest BCUT2D eigenvalue weighted by Gasteiger charge is -2.34. The number of hydrogen-bond acceptors (Lipinski definition) is 5. The van der Waals surface area contributed by atoms with Crippen LogP contribution >= 0.6 is 0 Å². The van der Waals surface area contributed by atoms with Gasteiger partial charge in [-0.2, -0.15) is 4.31 Å². The second kappa shape index (κ2) is 8.99. The number of benzene rings is 2. The van der Waals surface area contributed by atoms with Gasteiger partial charge in [0.15, 0.2) is 6.10 Å². The molecule has 2 aliphatic heterocycles. The lowest BCUT2D eigenvalue weighted by Crippen LogP contribution is -2.50. The van der Waals surface area contributed by atoms with E-state index in [2.05, 4.69) is 5.32 Å². The van der Waals surface area contributed by atoms with Crippen LogP contribution < -0.4 is 10.1 Å². The molecular weight excluding hydrogens is 442 g/mol. The number of ether oxygens (including phenoxy) is 1. The predicted molar refractivity (Wildman–Crippen MR) is 125 cm³/mol. The fourth-order valence-corrected chi connectivity index (χ4v) is 5.50. The number of carbonyl (C=O) groups excluding carboxylic acids is 2. The molecule has 1 unspecified atom stereocenters. The average Bonchev–Trinajstić information content (AvgIpc) is 2.79. The van der Waals surface area contributed by atoms with Crippen LogP contribution in [-0.4, -0.2) is 61.7 Å². The SMILES string of the molecule is Cc1ccc(C=CC(=O)N2CCN(S(=O)(=O)c3cc4c(cc3C)NC(=O)C(C)O4)CC2)cc1. The molecule has 0 aromatic heterocycles. The number of amides is 2. The van der Waals surface area contributed by atoms with Crippen LogP contribution in [0.3, 0.4) is 0 Å². The number of aryl methyl sites for hydroxylation is 2. The van der Waals surface area contributed by atoms with Crippen molar-refractivity contribution in [1.29, 1.82) is 0 Å². The highest BCUT2D eigenvalue weighted by molar-refractivity contribution is 7.89. The van der Waals surface area contributed by atoms with E-state index in [1.807, 2.05) is 31.2 Å². The molecule has 2 aromatic carbocycles. The first-order valence-electron chi connectivity index (χ1n) is 10.8. The van der Waals surface area contributed by atoms with Crippen molar-refractivity contribution in [3.8, 4) is 5.75 Å². The number of rotatable bonds is 4. The summed E-state index contributed by atoms with van der Waals surface area (Å²) in [5, 5.41) is 2.73. The fourth-order valence-electron chi connectivity index (χ4n) is 3.86. The van der Waals surface area contributed by atoms with Crippen molar-refractivity contribution >= 4 is 33.6 Å². The normalized spacial score (nSPS) is 19.2. The van der Waals surface area contributed by atoms with Crippen LogP contribution in [-0.2, 0) is 19.6 Å². The molecule has 1 fully saturated rings. The smallest absolute Gasteiger partial charge is 0.265 e. The quantitative estimate of drug-likeness (QED) is 0.695. The van der Waals surface area contributed by atoms with E-state index in [9.17, 15) is 18.0 Å². The molecule has 1 N–H and O–H groups in total. The van der Waals surface area contributed by atoms with Crippen LogP contribution in [0.4, 0.5) is 5.69 Å². The molecule has 0 radical (unpaired) electrons. The highest BCUT2D eigenvalue weighted by atomic mass is 32.2. The van der Waals surface area contributed by atoms with Gasteiger partial charge < -0.3 is 15.0 Å². The molecule has 1 atom stereocenters. The van der Waals surface area contributed by atoms with E-state index in [1.165, 1.54) is 16.4 Å². The lowest BCUT2D eigenvalue weighted by atomic mass is 10.1. The highest BCUT2D eigenvalue weighted by Crippen LogP contribution is 2.35. The molecule has 8 nitrogen and oxygen atoms in total. The van der Waals surface area contributed by atoms with Gasteiger partial charge in [0, 0.05) is 38.3 Å². The molecule has 0 aliphatic carbocycles. The summed E-state index contributed by atoms with van der Waals surface area (Å²) in [5.41, 5.74) is 3.07. The molecule has 0 spiro atoms. The first-order chi connectivity index (χ1) is 15.6. The number of nitrogens with one attached hydrogen (secondary N) is 1. The number of hydrogen-bond donors (Lipinski definition) is 1. The number of piperazine rings is 1. The average molecular weight is 470 g/mol. The Labute approximate surface area is 193 Å². The molecule has 174 valence electrons. The number of anilines is 1. The molecule has 2 heterocycles. The van der Waals surface area contributed by atoms with Gasteiger partial charge in [-0.15, -0.1) is 0 Å². The zero-order valence-corrected chi connectivity index (χ0v) is 19.7. The third kappa shape index (κ3) is 4.79. The van der Waals surface area contributed by atoms with Crippen molar-refractivity contribution in [2.24, 2.45) is 0 Å². The molecular formula is C24H27N3O5S. The van der Waals surface area contributed by atoms with Gasteiger partial charge in [-0.3, -0.25) is 9.59 Å². The van der Waals surface area contributed by atoms with Crippen molar-refractivity contribution in [1.82, 2.24) is 9.21 Å². The van der Waals surface area contributed by atoms with Crippen molar-refractivity contribution in [3.63, 3.8) is 0 Å². The zero-order chi connectivity index (χ0) is 23.8. The Morgan fingerprint density at radius 2 is 1.76 bits per heavy atom. The third-order valence-corrected chi connectivity index (χ3v) is 7.91. The van der Waals surface area contributed by atoms with Gasteiger partial charge in [0.1, 0.15) is 5.75 Å². The molecule has 9 heteroatoms. The molecule has 2 amide bonds. The van der Waals surface area contributed by atoms with Crippen LogP contribution in [0.25, 0.3) is 6.08 Å². The van der Waals surface area contributed by atoms with Gasteiger partial charge in [0.25, 0.3) is 5.91 Å². The topological polar surface area (TPSA) is 96.0 Å². The van der Waals surface area contributed by atoms with Crippen molar-refractivity contribution in [2.75, 3.05) is 31.5 Å². The van der Waals surface area contributed by atoms with Crippen LogP contribution in [0.15, 0.2) is 47.4 Å². The molecule has 4 rings (SSSR count). The van der Waals surface area contributed by atoms with Crippen molar-refractivity contribution in [3.05, 3.63) is 59.2 Å². The van der Waals surface area contributed by atoms with Crippen LogP contribution in [0.2, 0.25) is 0 Å². The van der Waals surface area contributed by atoms with E-state index in [1.54, 1.807) is 30.9 Å². The van der Waals surface area contributed by atoms with Gasteiger partial charge >= 0.3 is 0 Å². The van der Waals surface area contributed by atoms with Crippen molar-refractivity contribution in [2.45, 2.75) is 31.8 Å². The highest BCUT2D eigenvalue weighted by Gasteiger charge is 2.33. The molecule has 2 aliphatic rings. The minimum absolute atomic E-state index is 0.142. The summed E-state index contributed by atoms with van der Waals surface area (Å²) in [7, 11) is -3.78. The largest absolute Gasteiger partial charge is 0.479 e. The van der Waals surface area contributed by atoms with Gasteiger partial charge in [0.05, 0.1) is 10.6 Å². The Balaban J connectivity index is 1.44. The maximum Gasteiger partial charge on any atom is 0.265 e. The van der Waals surface area contributed by atoms with E-state index < -0.39 is 16.1 Å². The summed E-state index contributed by atoms with van der Waals surface area (Å²) in [6.45, 7) is 6.33. The Morgan fingerprint density at radius 1 is 1.09 bits per heavy atom. The Kier molecular flexibility index (Phi) is 6.27. The molecule has 2 aromatic rings. The number of nitrogens with zero attached hydrogens (tertiary/aromatic N) is 2. The summed E-state index contributed by atoms with van der Waals surface area (Å²) in [6.07, 6.45) is 2.59. The minimum Gasteiger partial charge on any atom is -0.479 e. The molecule has 1 saturated heterocycles. The van der Waals surface area contributed by atoms with E-state index in [0.29, 0.717) is 30.1 Å². The van der Waals surface area contributed by atoms with E-state index in [0.717, 1.165) is 11.1 Å². The molecule has 0 saturated carbocycles. The zero-order valence-electron chi connectivity index (χ0n) is 18.9. The van der Waals surface area contributed by atoms with E-state index >= 15 is 0 Å². The summed E-state index contributed by atoms with van der Waals surface area (Å²) in [4.78, 5) is 26.2. The van der Waals surface area contributed by atoms with Gasteiger partial charge in [0.2, 0.25) is 15.9 Å². The minimum atomic E-state index is -3.78. The maximum absolute atomic E-state index is 13.3. The van der Waals surface area contributed by atoms with Crippen LogP contribution in [0.1, 0.15) is 23.6 Å². The van der Waals surface area contributed by atoms with Gasteiger partial charge in [-0.25, -0.2) is 8.42 Å². The number of carbonyl (C=O) groups is 2.